The average molecular weight is 269 g/mol. The number of nitrogens with zero attached hydrogens (tertiary/aromatic N) is 1. The molecule has 5 heteroatoms. The van der Waals surface area contributed by atoms with Crippen LogP contribution in [-0.2, 0) is 0 Å². The maximum atomic E-state index is 12.0. The third-order valence-corrected chi connectivity index (χ3v) is 2.66. The number of nitrogens with one attached hydrogen (secondary N) is 2. The molecule has 2 aromatic rings. The minimum atomic E-state index is -0.211. The largest absolute Gasteiger partial charge is 0.395 e. The highest BCUT2D eigenvalue weighted by Crippen LogP contribution is 2.12. The number of hydrogen-bond acceptors (Lipinski definition) is 3. The van der Waals surface area contributed by atoms with Gasteiger partial charge in [-0.1, -0.05) is 17.9 Å². The van der Waals surface area contributed by atoms with Crippen molar-refractivity contribution >= 4 is 11.6 Å². The fraction of sp³-hybridized carbons (Fsp3) is 0.200. The fourth-order valence-electron chi connectivity index (χ4n) is 1.67. The van der Waals surface area contributed by atoms with Crippen LogP contribution in [-0.4, -0.2) is 27.8 Å². The zero-order valence-electron chi connectivity index (χ0n) is 11.1. The molecule has 0 aliphatic rings. The number of H-pyrrole nitrogens is 1. The molecule has 1 amide bonds. The first-order valence-electron chi connectivity index (χ1n) is 6.22. The number of aromatic amines is 1. The molecule has 0 saturated heterocycles. The molecule has 0 spiro atoms. The Morgan fingerprint density at radius 1 is 1.50 bits per heavy atom. The van der Waals surface area contributed by atoms with Crippen molar-refractivity contribution in [2.45, 2.75) is 13.3 Å². The van der Waals surface area contributed by atoms with Gasteiger partial charge in [0.25, 0.3) is 5.91 Å². The lowest BCUT2D eigenvalue weighted by atomic mass is 10.2. The van der Waals surface area contributed by atoms with Crippen molar-refractivity contribution in [3.8, 4) is 11.8 Å². The van der Waals surface area contributed by atoms with Gasteiger partial charge in [-0.05, 0) is 25.1 Å². The van der Waals surface area contributed by atoms with Crippen molar-refractivity contribution in [2.24, 2.45) is 0 Å². The zero-order valence-corrected chi connectivity index (χ0v) is 11.1. The summed E-state index contributed by atoms with van der Waals surface area (Å²) in [6.07, 6.45) is 1.93. The third-order valence-electron chi connectivity index (χ3n) is 2.66. The van der Waals surface area contributed by atoms with Crippen molar-refractivity contribution in [1.82, 2.24) is 10.2 Å². The van der Waals surface area contributed by atoms with Gasteiger partial charge in [0.05, 0.1) is 18.4 Å². The summed E-state index contributed by atoms with van der Waals surface area (Å²) in [5.74, 6) is 5.56. The minimum absolute atomic E-state index is 0.0448. The zero-order chi connectivity index (χ0) is 14.4. The van der Waals surface area contributed by atoms with Gasteiger partial charge in [-0.25, -0.2) is 0 Å². The van der Waals surface area contributed by atoms with Crippen LogP contribution >= 0.6 is 0 Å². The molecule has 0 atom stereocenters. The van der Waals surface area contributed by atoms with Crippen LogP contribution in [0.15, 0.2) is 30.5 Å². The van der Waals surface area contributed by atoms with Gasteiger partial charge in [0.1, 0.15) is 0 Å². The number of amides is 1. The van der Waals surface area contributed by atoms with E-state index in [1.165, 1.54) is 6.20 Å². The molecule has 20 heavy (non-hydrogen) atoms. The second kappa shape index (κ2) is 6.55. The van der Waals surface area contributed by atoms with Crippen molar-refractivity contribution in [3.63, 3.8) is 0 Å². The summed E-state index contributed by atoms with van der Waals surface area (Å²) in [6.45, 7) is 1.84. The molecule has 3 N–H and O–H groups in total. The van der Waals surface area contributed by atoms with Crippen LogP contribution in [0.3, 0.4) is 0 Å². The van der Waals surface area contributed by atoms with Crippen molar-refractivity contribution in [3.05, 3.63) is 47.3 Å². The van der Waals surface area contributed by atoms with Gasteiger partial charge >= 0.3 is 0 Å². The molecule has 1 heterocycles. The number of aromatic nitrogens is 2. The summed E-state index contributed by atoms with van der Waals surface area (Å²) in [7, 11) is 0. The summed E-state index contributed by atoms with van der Waals surface area (Å²) in [6, 6.07) is 7.26. The molecule has 0 unspecified atom stereocenters. The van der Waals surface area contributed by atoms with E-state index in [4.69, 9.17) is 5.11 Å². The highest BCUT2D eigenvalue weighted by Gasteiger charge is 2.10. The summed E-state index contributed by atoms with van der Waals surface area (Å²) in [5, 5.41) is 18.0. The maximum Gasteiger partial charge on any atom is 0.259 e. The monoisotopic (exact) mass is 269 g/mol. The SMILES string of the molecule is Cc1[nH]ncc1C(=O)Nc1cccc(C#CCCO)c1. The second-order valence-electron chi connectivity index (χ2n) is 4.22. The molecule has 0 fully saturated rings. The average Bonchev–Trinajstić information content (AvgIpc) is 2.86. The van der Waals surface area contributed by atoms with E-state index in [-0.39, 0.29) is 12.5 Å². The smallest absolute Gasteiger partial charge is 0.259 e. The first kappa shape index (κ1) is 13.8. The highest BCUT2D eigenvalue weighted by molar-refractivity contribution is 6.04. The van der Waals surface area contributed by atoms with Crippen LogP contribution < -0.4 is 5.32 Å². The molecule has 0 aliphatic heterocycles. The molecule has 1 aromatic carbocycles. The van der Waals surface area contributed by atoms with Crippen LogP contribution in [0.2, 0.25) is 0 Å². The van der Waals surface area contributed by atoms with Crippen LogP contribution in [0, 0.1) is 18.8 Å². The predicted octanol–water partition coefficient (Wildman–Crippen LogP) is 1.70. The van der Waals surface area contributed by atoms with Crippen molar-refractivity contribution < 1.29 is 9.90 Å². The van der Waals surface area contributed by atoms with E-state index in [1.54, 1.807) is 19.1 Å². The van der Waals surface area contributed by atoms with E-state index < -0.39 is 0 Å². The minimum Gasteiger partial charge on any atom is -0.395 e. The van der Waals surface area contributed by atoms with Crippen LogP contribution in [0.4, 0.5) is 5.69 Å². The van der Waals surface area contributed by atoms with E-state index in [1.807, 2.05) is 12.1 Å². The van der Waals surface area contributed by atoms with E-state index >= 15 is 0 Å². The molecule has 102 valence electrons. The Kier molecular flexibility index (Phi) is 4.53. The van der Waals surface area contributed by atoms with E-state index in [0.717, 1.165) is 11.3 Å². The molecular weight excluding hydrogens is 254 g/mol. The normalized spacial score (nSPS) is 9.70. The Balaban J connectivity index is 2.11. The maximum absolute atomic E-state index is 12.0. The predicted molar refractivity (Wildman–Crippen MR) is 76.3 cm³/mol. The Labute approximate surface area is 117 Å². The standard InChI is InChI=1S/C15H15N3O2/c1-11-14(10-16-18-11)15(20)17-13-7-4-6-12(9-13)5-2-3-8-19/h4,6-7,9-10,19H,3,8H2,1H3,(H,16,18)(H,17,20). The van der Waals surface area contributed by atoms with Gasteiger partial charge in [0, 0.05) is 23.4 Å². The summed E-state index contributed by atoms with van der Waals surface area (Å²) in [5.41, 5.74) is 2.70. The van der Waals surface area contributed by atoms with Gasteiger partial charge < -0.3 is 10.4 Å². The summed E-state index contributed by atoms with van der Waals surface area (Å²) >= 11 is 0. The number of hydrogen-bond donors (Lipinski definition) is 3. The number of anilines is 1. The number of aryl methyl sites for hydroxylation is 1. The molecule has 0 bridgehead atoms. The number of rotatable bonds is 3. The van der Waals surface area contributed by atoms with Gasteiger partial charge in [-0.3, -0.25) is 9.89 Å². The van der Waals surface area contributed by atoms with Crippen LogP contribution in [0.1, 0.15) is 28.0 Å². The number of aliphatic hydroxyl groups excluding tert-OH is 1. The quantitative estimate of drug-likeness (QED) is 0.742. The third kappa shape index (κ3) is 3.46. The van der Waals surface area contributed by atoms with E-state index in [9.17, 15) is 4.79 Å². The molecule has 2 rings (SSSR count). The van der Waals surface area contributed by atoms with Crippen LogP contribution in [0.25, 0.3) is 0 Å². The lowest BCUT2D eigenvalue weighted by molar-refractivity contribution is 0.102. The molecule has 0 saturated carbocycles. The number of carbonyl (C=O) groups is 1. The Morgan fingerprint density at radius 3 is 3.05 bits per heavy atom. The first-order chi connectivity index (χ1) is 9.70. The lowest BCUT2D eigenvalue weighted by Gasteiger charge is -2.04. The number of aliphatic hydroxyl groups is 1. The van der Waals surface area contributed by atoms with Crippen molar-refractivity contribution in [2.75, 3.05) is 11.9 Å². The Morgan fingerprint density at radius 2 is 2.35 bits per heavy atom. The van der Waals surface area contributed by atoms with Gasteiger partial charge in [-0.2, -0.15) is 5.10 Å². The Hall–Kier alpha value is -2.58. The molecular formula is C15H15N3O2. The Bertz CT molecular complexity index is 665. The molecule has 0 aliphatic carbocycles. The van der Waals surface area contributed by atoms with Gasteiger partial charge in [0.2, 0.25) is 0 Å². The number of benzene rings is 1. The van der Waals surface area contributed by atoms with Crippen LogP contribution in [0.5, 0.6) is 0 Å². The highest BCUT2D eigenvalue weighted by atomic mass is 16.2. The lowest BCUT2D eigenvalue weighted by Crippen LogP contribution is -2.12. The molecule has 0 radical (unpaired) electrons. The molecule has 1 aromatic heterocycles. The summed E-state index contributed by atoms with van der Waals surface area (Å²) in [4.78, 5) is 12.0. The molecule has 5 nitrogen and oxygen atoms in total. The topological polar surface area (TPSA) is 78.0 Å². The van der Waals surface area contributed by atoms with E-state index in [0.29, 0.717) is 17.7 Å². The van der Waals surface area contributed by atoms with E-state index in [2.05, 4.69) is 27.4 Å². The van der Waals surface area contributed by atoms with Crippen molar-refractivity contribution in [1.29, 1.82) is 0 Å². The summed E-state index contributed by atoms with van der Waals surface area (Å²) < 4.78 is 0. The van der Waals surface area contributed by atoms with Gasteiger partial charge in [-0.15, -0.1) is 0 Å². The van der Waals surface area contributed by atoms with Gasteiger partial charge in [0.15, 0.2) is 0 Å². The fourth-order valence-corrected chi connectivity index (χ4v) is 1.67. The second-order valence-corrected chi connectivity index (χ2v) is 4.22. The number of carbonyl (C=O) groups excluding carboxylic acids is 1. The first-order valence-corrected chi connectivity index (χ1v) is 6.22.